The molecule has 0 saturated heterocycles. The summed E-state index contributed by atoms with van der Waals surface area (Å²) in [5.41, 5.74) is 7.05. The third-order valence-corrected chi connectivity index (χ3v) is 5.35. The molecule has 0 atom stereocenters. The molecular formula is C13H20N2O3S. The number of carbonyl (C=O) groups excluding carboxylic acids is 1. The number of hydrogen-bond donors (Lipinski definition) is 1. The normalized spacial score (nSPS) is 12.3. The van der Waals surface area contributed by atoms with Crippen molar-refractivity contribution >= 4 is 21.4 Å². The van der Waals surface area contributed by atoms with Gasteiger partial charge in [-0.25, -0.2) is 8.42 Å². The maximum absolute atomic E-state index is 12.4. The highest BCUT2D eigenvalue weighted by atomic mass is 32.2. The fourth-order valence-corrected chi connectivity index (χ4v) is 2.14. The minimum atomic E-state index is -3.50. The minimum Gasteiger partial charge on any atom is -0.326 e. The van der Waals surface area contributed by atoms with Gasteiger partial charge in [-0.2, -0.15) is 0 Å². The summed E-state index contributed by atoms with van der Waals surface area (Å²) in [5.74, 6) is -0.476. The lowest BCUT2D eigenvalue weighted by molar-refractivity contribution is -0.120. The van der Waals surface area contributed by atoms with E-state index in [0.717, 1.165) is 11.8 Å². The molecule has 0 heterocycles. The highest BCUT2D eigenvalue weighted by Crippen LogP contribution is 2.25. The first-order valence-corrected chi connectivity index (χ1v) is 7.77. The maximum Gasteiger partial charge on any atom is 0.247 e. The molecule has 2 N–H and O–H groups in total. The van der Waals surface area contributed by atoms with Crippen molar-refractivity contribution in [3.05, 3.63) is 29.8 Å². The van der Waals surface area contributed by atoms with Crippen LogP contribution in [0.4, 0.5) is 5.69 Å². The van der Waals surface area contributed by atoms with Crippen LogP contribution in [0.25, 0.3) is 0 Å². The monoisotopic (exact) mass is 284 g/mol. The lowest BCUT2D eigenvalue weighted by atomic mass is 10.1. The second-order valence-corrected chi connectivity index (χ2v) is 7.54. The first-order chi connectivity index (χ1) is 8.63. The molecule has 0 saturated carbocycles. The summed E-state index contributed by atoms with van der Waals surface area (Å²) in [6.45, 7) is 3.10. The largest absolute Gasteiger partial charge is 0.326 e. The topological polar surface area (TPSA) is 80.5 Å². The SMILES string of the molecule is CN(C(=O)C(C)(C)S(C)(=O)=O)c1ccccc1CN. The van der Waals surface area contributed by atoms with E-state index in [1.54, 1.807) is 19.2 Å². The van der Waals surface area contributed by atoms with Crippen LogP contribution >= 0.6 is 0 Å². The van der Waals surface area contributed by atoms with Gasteiger partial charge in [0.25, 0.3) is 0 Å². The zero-order valence-electron chi connectivity index (χ0n) is 11.7. The molecule has 0 aromatic heterocycles. The number of para-hydroxylation sites is 1. The Bertz CT molecular complexity index is 579. The average Bonchev–Trinajstić information content (AvgIpc) is 2.35. The molecule has 1 aromatic rings. The van der Waals surface area contributed by atoms with E-state index in [0.29, 0.717) is 5.69 Å². The van der Waals surface area contributed by atoms with Gasteiger partial charge in [0.1, 0.15) is 4.75 Å². The smallest absolute Gasteiger partial charge is 0.247 e. The second-order valence-electron chi connectivity index (χ2n) is 4.98. The van der Waals surface area contributed by atoms with Gasteiger partial charge in [-0.1, -0.05) is 18.2 Å². The fraction of sp³-hybridized carbons (Fsp3) is 0.462. The first-order valence-electron chi connectivity index (χ1n) is 5.88. The van der Waals surface area contributed by atoms with E-state index in [1.807, 2.05) is 12.1 Å². The number of nitrogens with zero attached hydrogens (tertiary/aromatic N) is 1. The zero-order valence-corrected chi connectivity index (χ0v) is 12.5. The Morgan fingerprint density at radius 3 is 2.32 bits per heavy atom. The minimum absolute atomic E-state index is 0.285. The van der Waals surface area contributed by atoms with Crippen LogP contribution in [-0.2, 0) is 21.2 Å². The Morgan fingerprint density at radius 1 is 1.32 bits per heavy atom. The summed E-state index contributed by atoms with van der Waals surface area (Å²) in [4.78, 5) is 13.7. The molecule has 0 fully saturated rings. The number of nitrogens with two attached hydrogens (primary N) is 1. The molecule has 0 aliphatic rings. The number of rotatable bonds is 4. The van der Waals surface area contributed by atoms with Crippen molar-refractivity contribution in [2.45, 2.75) is 25.1 Å². The Labute approximate surface area is 114 Å². The number of anilines is 1. The Hall–Kier alpha value is -1.40. The van der Waals surface area contributed by atoms with Crippen LogP contribution in [0.2, 0.25) is 0 Å². The average molecular weight is 284 g/mol. The molecule has 19 heavy (non-hydrogen) atoms. The van der Waals surface area contributed by atoms with Crippen molar-refractivity contribution in [2.75, 3.05) is 18.2 Å². The Kier molecular flexibility index (Phi) is 4.37. The van der Waals surface area contributed by atoms with Crippen LogP contribution in [0.5, 0.6) is 0 Å². The molecule has 0 aliphatic carbocycles. The summed E-state index contributed by atoms with van der Waals surface area (Å²) < 4.78 is 22.0. The van der Waals surface area contributed by atoms with Gasteiger partial charge in [0.2, 0.25) is 5.91 Å². The lowest BCUT2D eigenvalue weighted by Gasteiger charge is -2.29. The highest BCUT2D eigenvalue weighted by molar-refractivity contribution is 7.92. The van der Waals surface area contributed by atoms with Crippen LogP contribution in [-0.4, -0.2) is 32.4 Å². The summed E-state index contributed by atoms with van der Waals surface area (Å²) in [5, 5.41) is 0. The predicted molar refractivity (Wildman–Crippen MR) is 76.7 cm³/mol. The molecule has 1 rings (SSSR count). The van der Waals surface area contributed by atoms with Gasteiger partial charge in [-0.05, 0) is 25.5 Å². The standard InChI is InChI=1S/C13H20N2O3S/c1-13(2,19(4,17)18)12(16)15(3)11-8-6-5-7-10(11)9-14/h5-8H,9,14H2,1-4H3. The molecule has 6 heteroatoms. The highest BCUT2D eigenvalue weighted by Gasteiger charge is 2.41. The maximum atomic E-state index is 12.4. The quantitative estimate of drug-likeness (QED) is 0.892. The number of amides is 1. The van der Waals surface area contributed by atoms with E-state index in [4.69, 9.17) is 5.73 Å². The third-order valence-electron chi connectivity index (χ3n) is 3.32. The number of sulfone groups is 1. The fourth-order valence-electron chi connectivity index (χ4n) is 1.68. The molecule has 0 aliphatic heterocycles. The molecule has 5 nitrogen and oxygen atoms in total. The third kappa shape index (κ3) is 2.96. The van der Waals surface area contributed by atoms with E-state index in [1.165, 1.54) is 18.7 Å². The lowest BCUT2D eigenvalue weighted by Crippen LogP contribution is -2.48. The molecule has 1 amide bonds. The Balaban J connectivity index is 3.21. The van der Waals surface area contributed by atoms with E-state index >= 15 is 0 Å². The number of benzene rings is 1. The molecule has 0 bridgehead atoms. The molecule has 1 aromatic carbocycles. The van der Waals surface area contributed by atoms with Gasteiger partial charge in [0.15, 0.2) is 9.84 Å². The predicted octanol–water partition coefficient (Wildman–Crippen LogP) is 0.931. The summed E-state index contributed by atoms with van der Waals surface area (Å²) in [7, 11) is -1.94. The molecule has 0 spiro atoms. The van der Waals surface area contributed by atoms with Crippen LogP contribution < -0.4 is 10.6 Å². The number of hydrogen-bond acceptors (Lipinski definition) is 4. The molecular weight excluding hydrogens is 264 g/mol. The van der Waals surface area contributed by atoms with Crippen molar-refractivity contribution in [3.63, 3.8) is 0 Å². The summed E-state index contributed by atoms with van der Waals surface area (Å²) >= 11 is 0. The van der Waals surface area contributed by atoms with E-state index in [2.05, 4.69) is 0 Å². The van der Waals surface area contributed by atoms with Gasteiger partial charge < -0.3 is 10.6 Å². The van der Waals surface area contributed by atoms with Crippen LogP contribution in [0, 0.1) is 0 Å². The van der Waals surface area contributed by atoms with Crippen molar-refractivity contribution in [2.24, 2.45) is 5.73 Å². The van der Waals surface area contributed by atoms with Gasteiger partial charge >= 0.3 is 0 Å². The van der Waals surface area contributed by atoms with Crippen LogP contribution in [0.15, 0.2) is 24.3 Å². The summed E-state index contributed by atoms with van der Waals surface area (Å²) in [6.07, 6.45) is 1.06. The zero-order chi connectivity index (χ0) is 14.8. The van der Waals surface area contributed by atoms with Crippen molar-refractivity contribution < 1.29 is 13.2 Å². The summed E-state index contributed by atoms with van der Waals surface area (Å²) in [6, 6.07) is 7.17. The van der Waals surface area contributed by atoms with E-state index in [9.17, 15) is 13.2 Å². The molecule has 106 valence electrons. The second kappa shape index (κ2) is 5.30. The van der Waals surface area contributed by atoms with Crippen molar-refractivity contribution in [1.82, 2.24) is 0 Å². The Morgan fingerprint density at radius 2 is 1.84 bits per heavy atom. The van der Waals surface area contributed by atoms with Gasteiger partial charge in [-0.15, -0.1) is 0 Å². The van der Waals surface area contributed by atoms with Gasteiger partial charge in [0.05, 0.1) is 0 Å². The molecule has 0 unspecified atom stereocenters. The van der Waals surface area contributed by atoms with E-state index in [-0.39, 0.29) is 6.54 Å². The van der Waals surface area contributed by atoms with E-state index < -0.39 is 20.5 Å². The van der Waals surface area contributed by atoms with Crippen LogP contribution in [0.3, 0.4) is 0 Å². The van der Waals surface area contributed by atoms with Gasteiger partial charge in [-0.3, -0.25) is 4.79 Å². The van der Waals surface area contributed by atoms with Crippen LogP contribution in [0.1, 0.15) is 19.4 Å². The van der Waals surface area contributed by atoms with Gasteiger partial charge in [0, 0.05) is 25.5 Å². The van der Waals surface area contributed by atoms with Crippen molar-refractivity contribution in [3.8, 4) is 0 Å². The first kappa shape index (κ1) is 15.7. The van der Waals surface area contributed by atoms with Crippen molar-refractivity contribution in [1.29, 1.82) is 0 Å². The molecule has 0 radical (unpaired) electrons. The number of carbonyl (C=O) groups is 1.